The van der Waals surface area contributed by atoms with Gasteiger partial charge < -0.3 is 9.88 Å². The zero-order valence-corrected chi connectivity index (χ0v) is 22.5. The fourth-order valence-corrected chi connectivity index (χ4v) is 5.85. The molecule has 0 saturated heterocycles. The predicted octanol–water partition coefficient (Wildman–Crippen LogP) is 5.22. The number of aryl methyl sites for hydroxylation is 1. The van der Waals surface area contributed by atoms with Crippen LogP contribution in [-0.4, -0.2) is 37.7 Å². The summed E-state index contributed by atoms with van der Waals surface area (Å²) in [6, 6.07) is 24.3. The fraction of sp³-hybridized carbons (Fsp3) is 0.242. The van der Waals surface area contributed by atoms with Crippen LogP contribution in [0.2, 0.25) is 0 Å². The number of anilines is 1. The van der Waals surface area contributed by atoms with Crippen LogP contribution in [0.15, 0.2) is 90.0 Å². The first-order valence-corrected chi connectivity index (χ1v) is 13.9. The average Bonchev–Trinajstić information content (AvgIpc) is 3.74. The molecule has 5 aromatic rings. The SMILES string of the molecule is Cn1nccc1-c1ccc2c(=O)n(Cc3cccc(C(=O)Nc4ccc5c(c4)CN(C4CC4)CC5)c3)ccc2c1. The van der Waals surface area contributed by atoms with E-state index < -0.39 is 0 Å². The Balaban J connectivity index is 1.08. The first-order chi connectivity index (χ1) is 19.5. The van der Waals surface area contributed by atoms with Gasteiger partial charge in [-0.15, -0.1) is 0 Å². The predicted molar refractivity (Wildman–Crippen MR) is 157 cm³/mol. The Labute approximate surface area is 232 Å². The Morgan fingerprint density at radius 1 is 1.00 bits per heavy atom. The van der Waals surface area contributed by atoms with E-state index in [4.69, 9.17) is 0 Å². The van der Waals surface area contributed by atoms with Crippen LogP contribution in [0.3, 0.4) is 0 Å². The van der Waals surface area contributed by atoms with Crippen LogP contribution in [-0.2, 0) is 26.6 Å². The quantitative estimate of drug-likeness (QED) is 0.327. The van der Waals surface area contributed by atoms with Crippen LogP contribution in [0.1, 0.15) is 39.9 Å². The third kappa shape index (κ3) is 4.73. The van der Waals surface area contributed by atoms with E-state index in [1.54, 1.807) is 10.8 Å². The second-order valence-corrected chi connectivity index (χ2v) is 11.0. The smallest absolute Gasteiger partial charge is 0.258 e. The molecule has 2 aromatic heterocycles. The summed E-state index contributed by atoms with van der Waals surface area (Å²) in [4.78, 5) is 29.0. The minimum atomic E-state index is -0.148. The lowest BCUT2D eigenvalue weighted by molar-refractivity contribution is 0.102. The van der Waals surface area contributed by atoms with Crippen molar-refractivity contribution in [3.8, 4) is 11.3 Å². The summed E-state index contributed by atoms with van der Waals surface area (Å²) >= 11 is 0. The molecular formula is C33H31N5O2. The molecule has 7 rings (SSSR count). The van der Waals surface area contributed by atoms with Crippen molar-refractivity contribution in [3.63, 3.8) is 0 Å². The van der Waals surface area contributed by atoms with Gasteiger partial charge in [0.2, 0.25) is 0 Å². The van der Waals surface area contributed by atoms with E-state index in [0.29, 0.717) is 17.5 Å². The maximum atomic E-state index is 13.3. The summed E-state index contributed by atoms with van der Waals surface area (Å²) in [6.07, 6.45) is 7.27. The van der Waals surface area contributed by atoms with Crippen molar-refractivity contribution in [2.45, 2.75) is 38.4 Å². The van der Waals surface area contributed by atoms with Gasteiger partial charge in [0, 0.05) is 60.8 Å². The molecule has 0 spiro atoms. The molecule has 1 saturated carbocycles. The van der Waals surface area contributed by atoms with E-state index >= 15 is 0 Å². The van der Waals surface area contributed by atoms with Crippen LogP contribution >= 0.6 is 0 Å². The Morgan fingerprint density at radius 2 is 1.90 bits per heavy atom. The van der Waals surface area contributed by atoms with E-state index in [1.807, 2.05) is 78.6 Å². The number of nitrogens with one attached hydrogen (secondary N) is 1. The van der Waals surface area contributed by atoms with Gasteiger partial charge in [0.1, 0.15) is 0 Å². The highest BCUT2D eigenvalue weighted by Crippen LogP contribution is 2.32. The zero-order chi connectivity index (χ0) is 27.2. The molecule has 0 atom stereocenters. The van der Waals surface area contributed by atoms with Gasteiger partial charge in [0.15, 0.2) is 0 Å². The molecule has 40 heavy (non-hydrogen) atoms. The highest BCUT2D eigenvalue weighted by Gasteiger charge is 2.31. The number of hydrogen-bond acceptors (Lipinski definition) is 4. The van der Waals surface area contributed by atoms with Crippen molar-refractivity contribution in [1.82, 2.24) is 19.2 Å². The van der Waals surface area contributed by atoms with E-state index in [1.165, 1.54) is 24.0 Å². The van der Waals surface area contributed by atoms with E-state index in [0.717, 1.165) is 53.4 Å². The van der Waals surface area contributed by atoms with Crippen molar-refractivity contribution in [1.29, 1.82) is 0 Å². The minimum Gasteiger partial charge on any atom is -0.322 e. The minimum absolute atomic E-state index is 0.0572. The normalized spacial score (nSPS) is 15.2. The highest BCUT2D eigenvalue weighted by atomic mass is 16.1. The van der Waals surface area contributed by atoms with Crippen LogP contribution in [0.4, 0.5) is 5.69 Å². The van der Waals surface area contributed by atoms with Crippen LogP contribution in [0, 0.1) is 0 Å². The molecule has 3 aromatic carbocycles. The molecule has 2 aliphatic rings. The van der Waals surface area contributed by atoms with Crippen molar-refractivity contribution in [2.75, 3.05) is 11.9 Å². The van der Waals surface area contributed by atoms with Gasteiger partial charge in [-0.1, -0.05) is 24.3 Å². The monoisotopic (exact) mass is 529 g/mol. The molecule has 1 amide bonds. The summed E-state index contributed by atoms with van der Waals surface area (Å²) < 4.78 is 3.51. The lowest BCUT2D eigenvalue weighted by Crippen LogP contribution is -2.32. The maximum absolute atomic E-state index is 13.3. The van der Waals surface area contributed by atoms with Crippen molar-refractivity contribution >= 4 is 22.4 Å². The molecule has 1 fully saturated rings. The number of nitrogens with zero attached hydrogens (tertiary/aromatic N) is 4. The van der Waals surface area contributed by atoms with Crippen molar-refractivity contribution in [3.05, 3.63) is 118 Å². The van der Waals surface area contributed by atoms with E-state index in [9.17, 15) is 9.59 Å². The lowest BCUT2D eigenvalue weighted by Gasteiger charge is -2.29. The number of rotatable bonds is 6. The van der Waals surface area contributed by atoms with Crippen molar-refractivity contribution < 1.29 is 4.79 Å². The molecule has 1 N–H and O–H groups in total. The highest BCUT2D eigenvalue weighted by molar-refractivity contribution is 6.04. The Kier molecular flexibility index (Phi) is 6.09. The van der Waals surface area contributed by atoms with Gasteiger partial charge >= 0.3 is 0 Å². The first-order valence-electron chi connectivity index (χ1n) is 13.9. The molecule has 0 radical (unpaired) electrons. The maximum Gasteiger partial charge on any atom is 0.258 e. The number of benzene rings is 3. The summed E-state index contributed by atoms with van der Waals surface area (Å²) in [5.41, 5.74) is 6.94. The largest absolute Gasteiger partial charge is 0.322 e. The number of carbonyl (C=O) groups is 1. The number of carbonyl (C=O) groups excluding carboxylic acids is 1. The Hall–Kier alpha value is -4.49. The average molecular weight is 530 g/mol. The third-order valence-corrected chi connectivity index (χ3v) is 8.20. The van der Waals surface area contributed by atoms with Gasteiger partial charge in [-0.05, 0) is 89.9 Å². The lowest BCUT2D eigenvalue weighted by atomic mass is 9.99. The number of hydrogen-bond donors (Lipinski definition) is 1. The molecule has 3 heterocycles. The van der Waals surface area contributed by atoms with Crippen LogP contribution in [0.25, 0.3) is 22.0 Å². The molecule has 1 aliphatic carbocycles. The number of pyridine rings is 1. The third-order valence-electron chi connectivity index (χ3n) is 8.20. The fourth-order valence-electron chi connectivity index (χ4n) is 5.85. The first kappa shape index (κ1) is 24.5. The van der Waals surface area contributed by atoms with Crippen LogP contribution < -0.4 is 10.9 Å². The number of amides is 1. The molecule has 1 aliphatic heterocycles. The molecular weight excluding hydrogens is 498 g/mol. The van der Waals surface area contributed by atoms with E-state index in [2.05, 4.69) is 27.4 Å². The summed E-state index contributed by atoms with van der Waals surface area (Å²) in [7, 11) is 1.90. The summed E-state index contributed by atoms with van der Waals surface area (Å²) in [6.45, 7) is 2.47. The molecule has 7 heteroatoms. The summed E-state index contributed by atoms with van der Waals surface area (Å²) in [5.74, 6) is -0.148. The summed E-state index contributed by atoms with van der Waals surface area (Å²) in [5, 5.41) is 8.88. The van der Waals surface area contributed by atoms with Gasteiger partial charge in [-0.25, -0.2) is 0 Å². The second kappa shape index (κ2) is 9.92. The van der Waals surface area contributed by atoms with Gasteiger partial charge in [0.05, 0.1) is 12.2 Å². The Bertz CT molecular complexity index is 1810. The van der Waals surface area contributed by atoms with E-state index in [-0.39, 0.29) is 11.5 Å². The van der Waals surface area contributed by atoms with Gasteiger partial charge in [-0.3, -0.25) is 19.2 Å². The Morgan fingerprint density at radius 3 is 2.73 bits per heavy atom. The molecule has 0 bridgehead atoms. The van der Waals surface area contributed by atoms with Crippen LogP contribution in [0.5, 0.6) is 0 Å². The number of fused-ring (bicyclic) bond motifs is 2. The van der Waals surface area contributed by atoms with Gasteiger partial charge in [-0.2, -0.15) is 5.10 Å². The second-order valence-electron chi connectivity index (χ2n) is 11.0. The molecule has 200 valence electrons. The molecule has 7 nitrogen and oxygen atoms in total. The van der Waals surface area contributed by atoms with Crippen molar-refractivity contribution in [2.24, 2.45) is 7.05 Å². The molecule has 0 unspecified atom stereocenters. The standard InChI is InChI=1S/C33H31N5O2/c1-36-31(11-14-34-36)25-6-10-30-24(18-25)13-16-38(33(30)40)20-22-3-2-4-26(17-22)32(39)35-28-7-5-23-12-15-37(29-8-9-29)21-27(23)19-28/h2-7,10-11,13-14,16-19,29H,8-9,12,15,20-21H2,1H3,(H,35,39). The zero-order valence-electron chi connectivity index (χ0n) is 22.5. The number of aromatic nitrogens is 3. The van der Waals surface area contributed by atoms with Gasteiger partial charge in [0.25, 0.3) is 11.5 Å². The topological polar surface area (TPSA) is 72.2 Å².